The molecule has 1 saturated heterocycles. The zero-order chi connectivity index (χ0) is 17.6. The number of likely N-dealkylation sites (tertiary alicyclic amines) is 1. The number of benzene rings is 2. The summed E-state index contributed by atoms with van der Waals surface area (Å²) in [5, 5.41) is 7.91. The van der Waals surface area contributed by atoms with E-state index in [1.807, 2.05) is 25.1 Å². The first kappa shape index (κ1) is 18.2. The van der Waals surface area contributed by atoms with Crippen molar-refractivity contribution in [1.82, 2.24) is 10.2 Å². The van der Waals surface area contributed by atoms with Gasteiger partial charge in [-0.1, -0.05) is 41.9 Å². The second kappa shape index (κ2) is 8.65. The van der Waals surface area contributed by atoms with Crippen LogP contribution >= 0.6 is 23.8 Å². The normalized spacial score (nSPS) is 14.5. The van der Waals surface area contributed by atoms with Gasteiger partial charge in [0.15, 0.2) is 5.11 Å². The van der Waals surface area contributed by atoms with Gasteiger partial charge in [0.2, 0.25) is 0 Å². The Bertz CT molecular complexity index is 741. The molecule has 3 rings (SSSR count). The van der Waals surface area contributed by atoms with E-state index in [0.717, 1.165) is 29.4 Å². The number of nitrogens with one attached hydrogen (secondary N) is 2. The molecule has 0 aromatic heterocycles. The number of anilines is 1. The Morgan fingerprint density at radius 1 is 1.08 bits per heavy atom. The van der Waals surface area contributed by atoms with Crippen LogP contribution in [0.3, 0.4) is 0 Å². The van der Waals surface area contributed by atoms with Crippen LogP contribution in [-0.2, 0) is 13.1 Å². The standard InChI is InChI=1S/C20H24ClN3S/c1-15-18(21)9-6-10-19(15)23-20(25)22-13-16-7-2-3-8-17(16)14-24-11-4-5-12-24/h2-3,6-10H,4-5,11-14H2,1H3,(H2,22,23,25). The van der Waals surface area contributed by atoms with Crippen LogP contribution in [0.1, 0.15) is 29.5 Å². The van der Waals surface area contributed by atoms with Crippen molar-refractivity contribution < 1.29 is 0 Å². The molecule has 132 valence electrons. The minimum Gasteiger partial charge on any atom is -0.358 e. The molecule has 0 saturated carbocycles. The number of rotatable bonds is 5. The van der Waals surface area contributed by atoms with E-state index >= 15 is 0 Å². The Morgan fingerprint density at radius 2 is 1.80 bits per heavy atom. The predicted octanol–water partition coefficient (Wildman–Crippen LogP) is 4.73. The van der Waals surface area contributed by atoms with Gasteiger partial charge in [0, 0.05) is 23.8 Å². The van der Waals surface area contributed by atoms with E-state index in [0.29, 0.717) is 5.11 Å². The first-order chi connectivity index (χ1) is 12.1. The van der Waals surface area contributed by atoms with E-state index in [2.05, 4.69) is 39.8 Å². The second-order valence-electron chi connectivity index (χ2n) is 6.47. The Labute approximate surface area is 160 Å². The van der Waals surface area contributed by atoms with Gasteiger partial charge in [-0.3, -0.25) is 4.90 Å². The molecule has 2 N–H and O–H groups in total. The van der Waals surface area contributed by atoms with E-state index in [4.69, 9.17) is 23.8 Å². The number of hydrogen-bond donors (Lipinski definition) is 2. The minimum absolute atomic E-state index is 0.612. The van der Waals surface area contributed by atoms with Gasteiger partial charge < -0.3 is 10.6 Å². The van der Waals surface area contributed by atoms with Gasteiger partial charge in [0.05, 0.1) is 0 Å². The van der Waals surface area contributed by atoms with Gasteiger partial charge >= 0.3 is 0 Å². The first-order valence-electron chi connectivity index (χ1n) is 8.72. The fraction of sp³-hybridized carbons (Fsp3) is 0.350. The number of thiocarbonyl (C=S) groups is 1. The summed E-state index contributed by atoms with van der Waals surface area (Å²) in [5.41, 5.74) is 4.61. The molecule has 0 bridgehead atoms. The summed E-state index contributed by atoms with van der Waals surface area (Å²) in [5.74, 6) is 0. The van der Waals surface area contributed by atoms with E-state index < -0.39 is 0 Å². The fourth-order valence-electron chi connectivity index (χ4n) is 3.15. The molecule has 0 aliphatic carbocycles. The van der Waals surface area contributed by atoms with E-state index in [-0.39, 0.29) is 0 Å². The van der Waals surface area contributed by atoms with E-state index in [9.17, 15) is 0 Å². The molecule has 1 aliphatic heterocycles. The summed E-state index contributed by atoms with van der Waals surface area (Å²) in [6.45, 7) is 6.13. The lowest BCUT2D eigenvalue weighted by Gasteiger charge is -2.18. The smallest absolute Gasteiger partial charge is 0.171 e. The van der Waals surface area contributed by atoms with Crippen molar-refractivity contribution in [3.63, 3.8) is 0 Å². The van der Waals surface area contributed by atoms with Crippen molar-refractivity contribution >= 4 is 34.6 Å². The SMILES string of the molecule is Cc1c(Cl)cccc1NC(=S)NCc1ccccc1CN1CCCC1. The molecule has 1 aliphatic rings. The Morgan fingerprint density at radius 3 is 2.56 bits per heavy atom. The maximum absolute atomic E-state index is 6.16. The molecular formula is C20H24ClN3S. The van der Waals surface area contributed by atoms with E-state index in [1.54, 1.807) is 0 Å². The van der Waals surface area contributed by atoms with Crippen molar-refractivity contribution in [2.75, 3.05) is 18.4 Å². The molecule has 0 atom stereocenters. The van der Waals surface area contributed by atoms with Crippen LogP contribution in [0.4, 0.5) is 5.69 Å². The Kier molecular flexibility index (Phi) is 6.29. The summed E-state index contributed by atoms with van der Waals surface area (Å²) in [6, 6.07) is 14.4. The van der Waals surface area contributed by atoms with Crippen LogP contribution in [0, 0.1) is 6.92 Å². The minimum atomic E-state index is 0.612. The summed E-state index contributed by atoms with van der Waals surface area (Å²) in [7, 11) is 0. The third kappa shape index (κ3) is 4.94. The van der Waals surface area contributed by atoms with Crippen molar-refractivity contribution in [3.8, 4) is 0 Å². The summed E-state index contributed by atoms with van der Waals surface area (Å²) >= 11 is 11.6. The molecule has 25 heavy (non-hydrogen) atoms. The highest BCUT2D eigenvalue weighted by Gasteiger charge is 2.13. The fourth-order valence-corrected chi connectivity index (χ4v) is 3.51. The topological polar surface area (TPSA) is 27.3 Å². The molecule has 3 nitrogen and oxygen atoms in total. The van der Waals surface area contributed by atoms with Gasteiger partial charge in [-0.15, -0.1) is 0 Å². The molecule has 2 aromatic rings. The van der Waals surface area contributed by atoms with Gasteiger partial charge in [-0.25, -0.2) is 0 Å². The van der Waals surface area contributed by atoms with Crippen molar-refractivity contribution in [2.45, 2.75) is 32.9 Å². The van der Waals surface area contributed by atoms with Gasteiger partial charge in [-0.2, -0.15) is 0 Å². The molecule has 2 aromatic carbocycles. The second-order valence-corrected chi connectivity index (χ2v) is 7.29. The number of halogens is 1. The van der Waals surface area contributed by atoms with Crippen LogP contribution in [0.2, 0.25) is 5.02 Å². The average molecular weight is 374 g/mol. The van der Waals surface area contributed by atoms with Crippen molar-refractivity contribution in [3.05, 3.63) is 64.2 Å². The summed E-state index contributed by atoms with van der Waals surface area (Å²) < 4.78 is 0. The molecule has 0 spiro atoms. The molecule has 0 amide bonds. The monoisotopic (exact) mass is 373 g/mol. The molecule has 1 heterocycles. The largest absolute Gasteiger partial charge is 0.358 e. The highest BCUT2D eigenvalue weighted by molar-refractivity contribution is 7.80. The summed E-state index contributed by atoms with van der Waals surface area (Å²) in [4.78, 5) is 2.52. The lowest BCUT2D eigenvalue weighted by Crippen LogP contribution is -2.29. The van der Waals surface area contributed by atoms with Gasteiger partial charge in [0.25, 0.3) is 0 Å². The lowest BCUT2D eigenvalue weighted by molar-refractivity contribution is 0.330. The molecule has 5 heteroatoms. The zero-order valence-electron chi connectivity index (χ0n) is 14.5. The third-order valence-electron chi connectivity index (χ3n) is 4.67. The summed E-state index contributed by atoms with van der Waals surface area (Å²) in [6.07, 6.45) is 2.63. The maximum Gasteiger partial charge on any atom is 0.171 e. The van der Waals surface area contributed by atoms with Crippen LogP contribution in [0.25, 0.3) is 0 Å². The lowest BCUT2D eigenvalue weighted by atomic mass is 10.1. The molecule has 0 unspecified atom stereocenters. The Hall–Kier alpha value is -1.62. The molecule has 1 fully saturated rings. The maximum atomic E-state index is 6.16. The first-order valence-corrected chi connectivity index (χ1v) is 9.51. The van der Waals surface area contributed by atoms with Crippen molar-refractivity contribution in [1.29, 1.82) is 0 Å². The average Bonchev–Trinajstić information content (AvgIpc) is 3.11. The third-order valence-corrected chi connectivity index (χ3v) is 5.32. The number of hydrogen-bond acceptors (Lipinski definition) is 2. The number of nitrogens with zero attached hydrogens (tertiary/aromatic N) is 1. The quantitative estimate of drug-likeness (QED) is 0.741. The predicted molar refractivity (Wildman–Crippen MR) is 110 cm³/mol. The van der Waals surface area contributed by atoms with Crippen molar-refractivity contribution in [2.24, 2.45) is 0 Å². The van der Waals surface area contributed by atoms with Gasteiger partial charge in [-0.05, 0) is 73.9 Å². The highest BCUT2D eigenvalue weighted by atomic mass is 35.5. The molecular weight excluding hydrogens is 350 g/mol. The zero-order valence-corrected chi connectivity index (χ0v) is 16.1. The van der Waals surface area contributed by atoms with Crippen LogP contribution < -0.4 is 10.6 Å². The van der Waals surface area contributed by atoms with E-state index in [1.165, 1.54) is 37.1 Å². The van der Waals surface area contributed by atoms with Gasteiger partial charge in [0.1, 0.15) is 0 Å². The highest BCUT2D eigenvalue weighted by Crippen LogP contribution is 2.23. The Balaban J connectivity index is 1.59. The molecule has 0 radical (unpaired) electrons. The van der Waals surface area contributed by atoms with Crippen LogP contribution in [0.5, 0.6) is 0 Å². The van der Waals surface area contributed by atoms with Crippen LogP contribution in [-0.4, -0.2) is 23.1 Å². The van der Waals surface area contributed by atoms with Crippen LogP contribution in [0.15, 0.2) is 42.5 Å².